The van der Waals surface area contributed by atoms with E-state index in [9.17, 15) is 0 Å². The molecule has 2 heteroatoms. The Morgan fingerprint density at radius 3 is 2.30 bits per heavy atom. The third-order valence-corrected chi connectivity index (χ3v) is 4.34. The molecule has 0 aromatic carbocycles. The third kappa shape index (κ3) is 5.00. The van der Waals surface area contributed by atoms with Crippen LogP contribution >= 0.6 is 0 Å². The van der Waals surface area contributed by atoms with Crippen LogP contribution in [0.3, 0.4) is 0 Å². The molecule has 62 valence electrons. The van der Waals surface area contributed by atoms with Crippen molar-refractivity contribution in [3.8, 4) is 0 Å². The first-order valence-corrected chi connectivity index (χ1v) is 5.78. The Bertz CT molecular complexity index is 81.3. The molecule has 0 aromatic rings. The van der Waals surface area contributed by atoms with Crippen LogP contribution in [0.4, 0.5) is 0 Å². The summed E-state index contributed by atoms with van der Waals surface area (Å²) in [5, 5.41) is 0. The minimum atomic E-state index is -0.204. The molecule has 0 atom stereocenters. The molecule has 0 aliphatic carbocycles. The summed E-state index contributed by atoms with van der Waals surface area (Å²) in [6, 6.07) is 1.32. The zero-order valence-electron chi connectivity index (χ0n) is 7.74. The first-order valence-electron chi connectivity index (χ1n) is 4.20. The fourth-order valence-electron chi connectivity index (χ4n) is 0.670. The molecule has 10 heavy (non-hydrogen) atoms. The SMILES string of the molecule is CCO[SiH2]CC(C)(C)CC. The van der Waals surface area contributed by atoms with Crippen molar-refractivity contribution in [2.24, 2.45) is 5.41 Å². The van der Waals surface area contributed by atoms with E-state index in [-0.39, 0.29) is 9.76 Å². The Kier molecular flexibility index (Phi) is 5.00. The predicted octanol–water partition coefficient (Wildman–Crippen LogP) is 1.96. The van der Waals surface area contributed by atoms with E-state index in [1.165, 1.54) is 12.5 Å². The summed E-state index contributed by atoms with van der Waals surface area (Å²) in [6.45, 7) is 9.87. The highest BCUT2D eigenvalue weighted by atomic mass is 28.2. The largest absolute Gasteiger partial charge is 0.424 e. The second-order valence-electron chi connectivity index (χ2n) is 3.46. The van der Waals surface area contributed by atoms with Crippen molar-refractivity contribution in [2.45, 2.75) is 40.2 Å². The van der Waals surface area contributed by atoms with Gasteiger partial charge in [0.25, 0.3) is 0 Å². The molecule has 0 aliphatic rings. The van der Waals surface area contributed by atoms with Gasteiger partial charge in [-0.1, -0.05) is 27.2 Å². The van der Waals surface area contributed by atoms with Crippen LogP contribution in [0, 0.1) is 5.41 Å². The maximum atomic E-state index is 5.41. The molecule has 0 aromatic heterocycles. The normalized spacial score (nSPS) is 13.2. The van der Waals surface area contributed by atoms with Gasteiger partial charge in [0.2, 0.25) is 0 Å². The predicted molar refractivity (Wildman–Crippen MR) is 49.0 cm³/mol. The van der Waals surface area contributed by atoms with E-state index in [4.69, 9.17) is 4.43 Å². The van der Waals surface area contributed by atoms with E-state index in [1.807, 2.05) is 0 Å². The second kappa shape index (κ2) is 4.91. The van der Waals surface area contributed by atoms with Gasteiger partial charge in [-0.2, -0.15) is 0 Å². The van der Waals surface area contributed by atoms with Gasteiger partial charge in [0.1, 0.15) is 0 Å². The molecule has 0 unspecified atom stereocenters. The van der Waals surface area contributed by atoms with Crippen LogP contribution in [-0.2, 0) is 4.43 Å². The molecular formula is C8H20OSi. The third-order valence-electron chi connectivity index (χ3n) is 2.08. The van der Waals surface area contributed by atoms with Crippen molar-refractivity contribution in [1.82, 2.24) is 0 Å². The topological polar surface area (TPSA) is 9.23 Å². The molecule has 0 saturated carbocycles. The van der Waals surface area contributed by atoms with Gasteiger partial charge in [-0.05, 0) is 18.4 Å². The van der Waals surface area contributed by atoms with Crippen molar-refractivity contribution < 1.29 is 4.43 Å². The molecule has 0 aliphatic heterocycles. The van der Waals surface area contributed by atoms with Crippen molar-refractivity contribution in [3.05, 3.63) is 0 Å². The summed E-state index contributed by atoms with van der Waals surface area (Å²) in [5.74, 6) is 0. The quantitative estimate of drug-likeness (QED) is 0.441. The molecule has 0 bridgehead atoms. The molecule has 0 spiro atoms. The average Bonchev–Trinajstić information content (AvgIpc) is 1.89. The van der Waals surface area contributed by atoms with Gasteiger partial charge in [0.15, 0.2) is 9.76 Å². The fraction of sp³-hybridized carbons (Fsp3) is 1.00. The lowest BCUT2D eigenvalue weighted by Gasteiger charge is -2.21. The first kappa shape index (κ1) is 10.2. The monoisotopic (exact) mass is 160 g/mol. The van der Waals surface area contributed by atoms with Gasteiger partial charge in [0.05, 0.1) is 0 Å². The maximum Gasteiger partial charge on any atom is 0.162 e. The molecular weight excluding hydrogens is 140 g/mol. The summed E-state index contributed by atoms with van der Waals surface area (Å²) in [5.41, 5.74) is 0.529. The Hall–Kier alpha value is 0.177. The van der Waals surface area contributed by atoms with Crippen LogP contribution in [0.25, 0.3) is 0 Å². The summed E-state index contributed by atoms with van der Waals surface area (Å²) in [6.07, 6.45) is 1.27. The van der Waals surface area contributed by atoms with Gasteiger partial charge in [0, 0.05) is 6.61 Å². The molecule has 1 nitrogen and oxygen atoms in total. The standard InChI is InChI=1S/C8H20OSi/c1-5-8(3,4)7-10-9-6-2/h5-7,10H2,1-4H3. The molecule has 0 saturated heterocycles. The number of hydrogen-bond acceptors (Lipinski definition) is 1. The molecule has 0 N–H and O–H groups in total. The summed E-state index contributed by atoms with van der Waals surface area (Å²) < 4.78 is 5.41. The molecule has 0 heterocycles. The Morgan fingerprint density at radius 1 is 1.30 bits per heavy atom. The van der Waals surface area contributed by atoms with Crippen molar-refractivity contribution in [3.63, 3.8) is 0 Å². The number of hydrogen-bond donors (Lipinski definition) is 0. The zero-order valence-corrected chi connectivity index (χ0v) is 9.15. The second-order valence-corrected chi connectivity index (χ2v) is 4.78. The van der Waals surface area contributed by atoms with Crippen LogP contribution in [0.2, 0.25) is 6.04 Å². The minimum Gasteiger partial charge on any atom is -0.424 e. The maximum absolute atomic E-state index is 5.41. The zero-order chi connectivity index (χ0) is 8.04. The minimum absolute atomic E-state index is 0.204. The summed E-state index contributed by atoms with van der Waals surface area (Å²) in [7, 11) is -0.204. The van der Waals surface area contributed by atoms with Crippen molar-refractivity contribution >= 4 is 9.76 Å². The van der Waals surface area contributed by atoms with E-state index in [2.05, 4.69) is 27.7 Å². The van der Waals surface area contributed by atoms with Gasteiger partial charge < -0.3 is 4.43 Å². The van der Waals surface area contributed by atoms with E-state index >= 15 is 0 Å². The smallest absolute Gasteiger partial charge is 0.162 e. The molecule has 0 rings (SSSR count). The van der Waals surface area contributed by atoms with Crippen LogP contribution < -0.4 is 0 Å². The van der Waals surface area contributed by atoms with E-state index < -0.39 is 0 Å². The molecule has 0 fully saturated rings. The summed E-state index contributed by atoms with van der Waals surface area (Å²) in [4.78, 5) is 0. The average molecular weight is 160 g/mol. The lowest BCUT2D eigenvalue weighted by molar-refractivity contribution is 0.328. The fourth-order valence-corrected chi connectivity index (χ4v) is 2.01. The van der Waals surface area contributed by atoms with Gasteiger partial charge in [-0.25, -0.2) is 0 Å². The van der Waals surface area contributed by atoms with Crippen molar-refractivity contribution in [1.29, 1.82) is 0 Å². The Morgan fingerprint density at radius 2 is 1.90 bits per heavy atom. The number of rotatable bonds is 5. The van der Waals surface area contributed by atoms with Crippen LogP contribution in [0.1, 0.15) is 34.1 Å². The Balaban J connectivity index is 3.28. The molecule has 0 amide bonds. The van der Waals surface area contributed by atoms with Crippen molar-refractivity contribution in [2.75, 3.05) is 6.61 Å². The van der Waals surface area contributed by atoms with E-state index in [0.29, 0.717) is 5.41 Å². The van der Waals surface area contributed by atoms with Crippen LogP contribution in [0.5, 0.6) is 0 Å². The highest BCUT2D eigenvalue weighted by Gasteiger charge is 2.14. The lowest BCUT2D eigenvalue weighted by atomic mass is 9.93. The van der Waals surface area contributed by atoms with Crippen LogP contribution in [0.15, 0.2) is 0 Å². The van der Waals surface area contributed by atoms with E-state index in [0.717, 1.165) is 6.61 Å². The first-order chi connectivity index (χ1) is 4.62. The molecule has 0 radical (unpaired) electrons. The highest BCUT2D eigenvalue weighted by molar-refractivity contribution is 6.27. The van der Waals surface area contributed by atoms with Gasteiger partial charge >= 0.3 is 0 Å². The van der Waals surface area contributed by atoms with E-state index in [1.54, 1.807) is 0 Å². The Labute approximate surface area is 67.1 Å². The van der Waals surface area contributed by atoms with Gasteiger partial charge in [-0.15, -0.1) is 0 Å². The van der Waals surface area contributed by atoms with Gasteiger partial charge in [-0.3, -0.25) is 0 Å². The summed E-state index contributed by atoms with van der Waals surface area (Å²) >= 11 is 0. The highest BCUT2D eigenvalue weighted by Crippen LogP contribution is 2.24. The van der Waals surface area contributed by atoms with Crippen LogP contribution in [-0.4, -0.2) is 16.4 Å². The lowest BCUT2D eigenvalue weighted by Crippen LogP contribution is -2.14.